The van der Waals surface area contributed by atoms with E-state index in [2.05, 4.69) is 92.3 Å². The minimum atomic E-state index is -0.291. The lowest BCUT2D eigenvalue weighted by molar-refractivity contribution is -0.401. The van der Waals surface area contributed by atoms with Crippen molar-refractivity contribution in [3.63, 3.8) is 0 Å². The lowest BCUT2D eigenvalue weighted by Gasteiger charge is -2.15. The summed E-state index contributed by atoms with van der Waals surface area (Å²) >= 11 is 0. The molecule has 2 aromatic rings. The minimum absolute atomic E-state index is 0.0232. The van der Waals surface area contributed by atoms with Gasteiger partial charge in [0.05, 0.1) is 31.8 Å². The third-order valence-corrected chi connectivity index (χ3v) is 6.11. The molecule has 0 aliphatic carbocycles. The molecule has 0 saturated heterocycles. The van der Waals surface area contributed by atoms with Gasteiger partial charge in [0.2, 0.25) is 5.69 Å². The highest BCUT2D eigenvalue weighted by Gasteiger charge is 2.42. The van der Waals surface area contributed by atoms with Crippen LogP contribution >= 0.6 is 0 Å². The Morgan fingerprint density at radius 3 is 2.41 bits per heavy atom. The molecule has 2 aromatic carbocycles. The number of hydrogen-bond acceptors (Lipinski definition) is 5. The van der Waals surface area contributed by atoms with Crippen LogP contribution in [-0.4, -0.2) is 62.9 Å². The molecule has 0 saturated carbocycles. The predicted octanol–water partition coefficient (Wildman–Crippen LogP) is 4.72. The van der Waals surface area contributed by atoms with Crippen molar-refractivity contribution in [3.8, 4) is 0 Å². The van der Waals surface area contributed by atoms with Gasteiger partial charge in [-0.15, -0.1) is 0 Å². The second-order valence-corrected chi connectivity index (χ2v) is 8.98. The van der Waals surface area contributed by atoms with Gasteiger partial charge in [-0.3, -0.25) is 4.79 Å². The lowest BCUT2D eigenvalue weighted by Crippen LogP contribution is -2.26. The monoisotopic (exact) mass is 465 g/mol. The van der Waals surface area contributed by atoms with E-state index in [9.17, 15) is 4.79 Å². The minimum Gasteiger partial charge on any atom is -0.463 e. The Hall–Kier alpha value is -2.96. The number of benzene rings is 2. The summed E-state index contributed by atoms with van der Waals surface area (Å²) in [5.41, 5.74) is 7.42. The Labute approximate surface area is 203 Å². The number of esters is 1. The molecule has 6 heteroatoms. The van der Waals surface area contributed by atoms with Crippen molar-refractivity contribution in [1.82, 2.24) is 0 Å². The highest BCUT2D eigenvalue weighted by Crippen LogP contribution is 2.39. The first kappa shape index (κ1) is 25.7. The molecule has 0 atom stereocenters. The van der Waals surface area contributed by atoms with E-state index in [1.165, 1.54) is 35.0 Å². The van der Waals surface area contributed by atoms with Gasteiger partial charge in [0.25, 0.3) is 0 Å². The van der Waals surface area contributed by atoms with E-state index in [1.54, 1.807) is 0 Å². The van der Waals surface area contributed by atoms with E-state index in [0.29, 0.717) is 26.4 Å². The van der Waals surface area contributed by atoms with Gasteiger partial charge in [0, 0.05) is 36.9 Å². The smallest absolute Gasteiger partial charge is 0.302 e. The Balaban J connectivity index is 1.45. The zero-order valence-electron chi connectivity index (χ0n) is 21.0. The SMILES string of the molecule is CC(=O)OCCOCCOCCNc1ccc(/C=C/C2=[N+](C)c3ccccc3C2(C)C)c(C)c1. The first-order valence-corrected chi connectivity index (χ1v) is 11.8. The molecule has 1 aliphatic rings. The van der Waals surface area contributed by atoms with Crippen LogP contribution in [0.2, 0.25) is 0 Å². The summed E-state index contributed by atoms with van der Waals surface area (Å²) in [4.78, 5) is 10.7. The molecular weight excluding hydrogens is 428 g/mol. The normalized spacial score (nSPS) is 14.5. The molecule has 1 N–H and O–H groups in total. The van der Waals surface area contributed by atoms with E-state index >= 15 is 0 Å². The maximum absolute atomic E-state index is 10.7. The lowest BCUT2D eigenvalue weighted by atomic mass is 9.81. The van der Waals surface area contributed by atoms with Gasteiger partial charge >= 0.3 is 5.97 Å². The number of carbonyl (C=O) groups excluding carboxylic acids is 1. The van der Waals surface area contributed by atoms with Gasteiger partial charge in [-0.2, -0.15) is 4.58 Å². The predicted molar refractivity (Wildman–Crippen MR) is 137 cm³/mol. The molecule has 0 aromatic heterocycles. The van der Waals surface area contributed by atoms with Crippen molar-refractivity contribution in [2.45, 2.75) is 33.1 Å². The molecule has 0 fully saturated rings. The topological polar surface area (TPSA) is 59.8 Å². The number of anilines is 1. The van der Waals surface area contributed by atoms with Crippen molar-refractivity contribution in [3.05, 3.63) is 65.2 Å². The summed E-state index contributed by atoms with van der Waals surface area (Å²) in [7, 11) is 2.14. The van der Waals surface area contributed by atoms with Crippen LogP contribution in [0.1, 0.15) is 37.5 Å². The fourth-order valence-electron chi connectivity index (χ4n) is 4.28. The molecule has 0 unspecified atom stereocenters. The first-order valence-electron chi connectivity index (χ1n) is 11.8. The van der Waals surface area contributed by atoms with E-state index < -0.39 is 0 Å². The fraction of sp³-hybridized carbons (Fsp3) is 0.429. The Bertz CT molecular complexity index is 1060. The highest BCUT2D eigenvalue weighted by atomic mass is 16.6. The standard InChI is InChI=1S/C28H36N2O4/c1-21-20-24(29-14-15-32-16-17-33-18-19-34-22(2)31)12-10-23(21)11-13-27-28(3,4)25-8-6-7-9-26(25)30(27)5/h6-13,20H,14-19H2,1-5H3/p+1. The average Bonchev–Trinajstić information content (AvgIpc) is 3.00. The number of para-hydroxylation sites is 1. The van der Waals surface area contributed by atoms with Gasteiger partial charge in [-0.25, -0.2) is 0 Å². The zero-order valence-corrected chi connectivity index (χ0v) is 21.0. The van der Waals surface area contributed by atoms with Gasteiger partial charge in [0.15, 0.2) is 5.71 Å². The van der Waals surface area contributed by atoms with Crippen molar-refractivity contribution in [2.75, 3.05) is 51.9 Å². The number of nitrogens with one attached hydrogen (secondary N) is 1. The Morgan fingerprint density at radius 2 is 1.71 bits per heavy atom. The Kier molecular flexibility index (Phi) is 9.02. The number of ether oxygens (including phenoxy) is 3. The summed E-state index contributed by atoms with van der Waals surface area (Å²) in [6.07, 6.45) is 4.46. The van der Waals surface area contributed by atoms with E-state index in [4.69, 9.17) is 14.2 Å². The average molecular weight is 466 g/mol. The van der Waals surface area contributed by atoms with Crippen LogP contribution in [0.15, 0.2) is 48.5 Å². The molecule has 182 valence electrons. The maximum atomic E-state index is 10.7. The van der Waals surface area contributed by atoms with Crippen LogP contribution in [0.3, 0.4) is 0 Å². The van der Waals surface area contributed by atoms with Crippen LogP contribution in [0.4, 0.5) is 11.4 Å². The molecule has 0 radical (unpaired) electrons. The first-order chi connectivity index (χ1) is 16.3. The van der Waals surface area contributed by atoms with Gasteiger partial charge in [-0.05, 0) is 50.1 Å². The zero-order chi connectivity index (χ0) is 24.6. The van der Waals surface area contributed by atoms with Crippen molar-refractivity contribution < 1.29 is 23.6 Å². The third-order valence-electron chi connectivity index (χ3n) is 6.11. The molecule has 3 rings (SSSR count). The van der Waals surface area contributed by atoms with Gasteiger partial charge in [0.1, 0.15) is 13.7 Å². The second-order valence-electron chi connectivity index (χ2n) is 8.98. The number of nitrogens with zero attached hydrogens (tertiary/aromatic N) is 1. The number of carbonyl (C=O) groups is 1. The number of hydrogen-bond donors (Lipinski definition) is 1. The third kappa shape index (κ3) is 6.55. The van der Waals surface area contributed by atoms with Crippen LogP contribution in [0.25, 0.3) is 6.08 Å². The van der Waals surface area contributed by atoms with E-state index in [-0.39, 0.29) is 18.0 Å². The second kappa shape index (κ2) is 12.0. The van der Waals surface area contributed by atoms with Crippen molar-refractivity contribution in [2.24, 2.45) is 0 Å². The van der Waals surface area contributed by atoms with Gasteiger partial charge < -0.3 is 19.5 Å². The fourth-order valence-corrected chi connectivity index (χ4v) is 4.28. The van der Waals surface area contributed by atoms with E-state index in [0.717, 1.165) is 12.2 Å². The summed E-state index contributed by atoms with van der Waals surface area (Å²) in [5.74, 6) is -0.291. The van der Waals surface area contributed by atoms with Crippen LogP contribution in [-0.2, 0) is 24.4 Å². The summed E-state index contributed by atoms with van der Waals surface area (Å²) in [6.45, 7) is 11.1. The van der Waals surface area contributed by atoms with Crippen molar-refractivity contribution >= 4 is 29.1 Å². The molecule has 6 nitrogen and oxygen atoms in total. The maximum Gasteiger partial charge on any atom is 0.302 e. The number of rotatable bonds is 12. The molecular formula is C28H37N2O4+. The largest absolute Gasteiger partial charge is 0.463 e. The molecule has 1 heterocycles. The van der Waals surface area contributed by atoms with Crippen LogP contribution in [0, 0.1) is 6.92 Å². The summed E-state index contributed by atoms with van der Waals surface area (Å²) in [5, 5.41) is 3.40. The molecule has 0 bridgehead atoms. The number of fused-ring (bicyclic) bond motifs is 1. The molecule has 0 amide bonds. The molecule has 1 aliphatic heterocycles. The summed E-state index contributed by atoms with van der Waals surface area (Å²) < 4.78 is 18.0. The quantitative estimate of drug-likeness (QED) is 0.279. The van der Waals surface area contributed by atoms with Gasteiger partial charge in [-0.1, -0.05) is 24.3 Å². The summed E-state index contributed by atoms with van der Waals surface area (Å²) in [6, 6.07) is 15.0. The number of allylic oxidation sites excluding steroid dienone is 1. The van der Waals surface area contributed by atoms with E-state index in [1.807, 2.05) is 0 Å². The van der Waals surface area contributed by atoms with Crippen LogP contribution < -0.4 is 5.32 Å². The highest BCUT2D eigenvalue weighted by molar-refractivity contribution is 6.05. The van der Waals surface area contributed by atoms with Crippen molar-refractivity contribution in [1.29, 1.82) is 0 Å². The molecule has 0 spiro atoms. The molecule has 34 heavy (non-hydrogen) atoms. The Morgan fingerprint density at radius 1 is 1.00 bits per heavy atom. The number of aryl methyl sites for hydroxylation is 1. The van der Waals surface area contributed by atoms with Crippen LogP contribution in [0.5, 0.6) is 0 Å².